The quantitative estimate of drug-likeness (QED) is 0.634. The van der Waals surface area contributed by atoms with Gasteiger partial charge in [0, 0.05) is 21.7 Å². The van der Waals surface area contributed by atoms with E-state index in [1.165, 1.54) is 11.3 Å². The summed E-state index contributed by atoms with van der Waals surface area (Å²) in [6.07, 6.45) is 0. The summed E-state index contributed by atoms with van der Waals surface area (Å²) >= 11 is 7.15. The molecule has 1 heterocycles. The highest BCUT2D eigenvalue weighted by Gasteiger charge is 2.13. The van der Waals surface area contributed by atoms with Crippen LogP contribution in [0, 0.1) is 0 Å². The molecule has 8 heteroatoms. The van der Waals surface area contributed by atoms with Crippen molar-refractivity contribution in [2.75, 3.05) is 24.9 Å². The van der Waals surface area contributed by atoms with Crippen LogP contribution in [0.15, 0.2) is 47.8 Å². The van der Waals surface area contributed by atoms with E-state index in [0.29, 0.717) is 33.0 Å². The van der Waals surface area contributed by atoms with Crippen LogP contribution in [0.3, 0.4) is 0 Å². The van der Waals surface area contributed by atoms with Crippen molar-refractivity contribution in [3.05, 3.63) is 52.9 Å². The van der Waals surface area contributed by atoms with Crippen LogP contribution in [0.5, 0.6) is 11.5 Å². The molecule has 2 N–H and O–H groups in total. The molecule has 6 nitrogen and oxygen atoms in total. The number of benzene rings is 2. The molecule has 0 bridgehead atoms. The molecule has 3 rings (SSSR count). The van der Waals surface area contributed by atoms with E-state index in [-0.39, 0.29) is 6.03 Å². The van der Waals surface area contributed by atoms with Crippen LogP contribution >= 0.6 is 22.9 Å². The highest BCUT2D eigenvalue weighted by Crippen LogP contribution is 2.35. The number of aromatic nitrogens is 1. The molecule has 0 radical (unpaired) electrons. The van der Waals surface area contributed by atoms with Gasteiger partial charge >= 0.3 is 6.03 Å². The summed E-state index contributed by atoms with van der Waals surface area (Å²) in [5, 5.41) is 8.35. The lowest BCUT2D eigenvalue weighted by Gasteiger charge is -2.08. The van der Waals surface area contributed by atoms with Gasteiger partial charge in [-0.25, -0.2) is 9.78 Å². The molecular weight excluding hydrogens is 374 g/mol. The molecule has 0 saturated heterocycles. The Balaban J connectivity index is 1.73. The average Bonchev–Trinajstić information content (AvgIpc) is 3.11. The maximum absolute atomic E-state index is 12.1. The Bertz CT molecular complexity index is 912. The Kier molecular flexibility index (Phi) is 5.60. The van der Waals surface area contributed by atoms with Gasteiger partial charge in [0.15, 0.2) is 5.13 Å². The van der Waals surface area contributed by atoms with Gasteiger partial charge in [-0.3, -0.25) is 5.32 Å². The van der Waals surface area contributed by atoms with Gasteiger partial charge in [0.1, 0.15) is 11.5 Å². The first kappa shape index (κ1) is 18.0. The second-order valence-corrected chi connectivity index (χ2v) is 6.48. The summed E-state index contributed by atoms with van der Waals surface area (Å²) in [6.45, 7) is 0. The second-order valence-electron chi connectivity index (χ2n) is 5.19. The van der Waals surface area contributed by atoms with Crippen molar-refractivity contribution >= 4 is 39.8 Å². The molecule has 0 aliphatic rings. The number of halogens is 1. The van der Waals surface area contributed by atoms with Crippen molar-refractivity contribution in [1.29, 1.82) is 0 Å². The lowest BCUT2D eigenvalue weighted by atomic mass is 10.1. The average molecular weight is 390 g/mol. The number of amides is 2. The number of nitrogens with zero attached hydrogens (tertiary/aromatic N) is 1. The van der Waals surface area contributed by atoms with Gasteiger partial charge in [0.25, 0.3) is 0 Å². The van der Waals surface area contributed by atoms with Crippen LogP contribution in [0.4, 0.5) is 15.6 Å². The maximum Gasteiger partial charge on any atom is 0.325 e. The summed E-state index contributed by atoms with van der Waals surface area (Å²) in [5.74, 6) is 1.37. The molecule has 3 aromatic rings. The minimum absolute atomic E-state index is 0.383. The van der Waals surface area contributed by atoms with E-state index in [1.807, 2.05) is 23.6 Å². The molecule has 134 valence electrons. The number of carbonyl (C=O) groups excluding carboxylic acids is 1. The van der Waals surface area contributed by atoms with Crippen molar-refractivity contribution in [2.45, 2.75) is 0 Å². The van der Waals surface area contributed by atoms with Crippen molar-refractivity contribution in [3.8, 4) is 22.8 Å². The number of nitrogens with one attached hydrogen (secondary N) is 2. The maximum atomic E-state index is 12.1. The van der Waals surface area contributed by atoms with Gasteiger partial charge in [-0.15, -0.1) is 11.3 Å². The fraction of sp³-hybridized carbons (Fsp3) is 0.111. The van der Waals surface area contributed by atoms with Crippen molar-refractivity contribution in [3.63, 3.8) is 0 Å². The normalized spacial score (nSPS) is 10.3. The predicted octanol–water partition coefficient (Wildman–Crippen LogP) is 5.12. The molecule has 1 aromatic heterocycles. The fourth-order valence-corrected chi connectivity index (χ4v) is 3.09. The first-order valence-electron chi connectivity index (χ1n) is 7.60. The van der Waals surface area contributed by atoms with Gasteiger partial charge in [-0.1, -0.05) is 11.6 Å². The number of rotatable bonds is 5. The molecule has 0 fully saturated rings. The topological polar surface area (TPSA) is 72.5 Å². The monoisotopic (exact) mass is 389 g/mol. The minimum Gasteiger partial charge on any atom is -0.497 e. The molecule has 2 aromatic carbocycles. The zero-order valence-electron chi connectivity index (χ0n) is 14.1. The van der Waals surface area contributed by atoms with Gasteiger partial charge < -0.3 is 14.8 Å². The van der Waals surface area contributed by atoms with E-state index >= 15 is 0 Å². The Morgan fingerprint density at radius 1 is 1.08 bits per heavy atom. The zero-order valence-corrected chi connectivity index (χ0v) is 15.6. The summed E-state index contributed by atoms with van der Waals surface area (Å²) in [6, 6.07) is 11.9. The molecule has 0 spiro atoms. The van der Waals surface area contributed by atoms with E-state index < -0.39 is 0 Å². The standard InChI is InChI=1S/C18H16ClN3O3S/c1-24-13-7-8-16(25-2)14(9-13)15-10-26-18(21-15)22-17(23)20-12-5-3-11(19)4-6-12/h3-10H,1-2H3,(H2,20,21,22,23). The second kappa shape index (κ2) is 8.07. The summed E-state index contributed by atoms with van der Waals surface area (Å²) in [7, 11) is 3.19. The van der Waals surface area contributed by atoms with Gasteiger partial charge in [-0.05, 0) is 42.5 Å². The van der Waals surface area contributed by atoms with Crippen molar-refractivity contribution in [2.24, 2.45) is 0 Å². The van der Waals surface area contributed by atoms with E-state index in [1.54, 1.807) is 38.5 Å². The number of anilines is 2. The Labute approximate surface area is 159 Å². The number of urea groups is 1. The van der Waals surface area contributed by atoms with Gasteiger partial charge in [0.2, 0.25) is 0 Å². The molecule has 0 aliphatic heterocycles. The van der Waals surface area contributed by atoms with Crippen LogP contribution in [-0.2, 0) is 0 Å². The third kappa shape index (κ3) is 4.25. The van der Waals surface area contributed by atoms with E-state index in [2.05, 4.69) is 15.6 Å². The SMILES string of the molecule is COc1ccc(OC)c(-c2csc(NC(=O)Nc3ccc(Cl)cc3)n2)c1. The number of carbonyl (C=O) groups is 1. The van der Waals surface area contributed by atoms with Gasteiger partial charge in [-0.2, -0.15) is 0 Å². The highest BCUT2D eigenvalue weighted by atomic mass is 35.5. The number of ether oxygens (including phenoxy) is 2. The zero-order chi connectivity index (χ0) is 18.5. The number of methoxy groups -OCH3 is 2. The van der Waals surface area contributed by atoms with Crippen LogP contribution in [0.1, 0.15) is 0 Å². The number of hydrogen-bond donors (Lipinski definition) is 2. The highest BCUT2D eigenvalue weighted by molar-refractivity contribution is 7.14. The van der Waals surface area contributed by atoms with E-state index in [0.717, 1.165) is 5.56 Å². The first-order chi connectivity index (χ1) is 12.6. The largest absolute Gasteiger partial charge is 0.497 e. The molecule has 0 saturated carbocycles. The summed E-state index contributed by atoms with van der Waals surface area (Å²) < 4.78 is 10.6. The first-order valence-corrected chi connectivity index (χ1v) is 8.86. The van der Waals surface area contributed by atoms with Crippen LogP contribution in [-0.4, -0.2) is 25.2 Å². The third-order valence-corrected chi connectivity index (χ3v) is 4.52. The number of thiazole rings is 1. The lowest BCUT2D eigenvalue weighted by molar-refractivity contribution is 0.262. The van der Waals surface area contributed by atoms with Gasteiger partial charge in [0.05, 0.1) is 19.9 Å². The van der Waals surface area contributed by atoms with Crippen LogP contribution < -0.4 is 20.1 Å². The third-order valence-electron chi connectivity index (χ3n) is 3.51. The number of hydrogen-bond acceptors (Lipinski definition) is 5. The summed E-state index contributed by atoms with van der Waals surface area (Å²) in [4.78, 5) is 16.6. The molecule has 26 heavy (non-hydrogen) atoms. The Morgan fingerprint density at radius 3 is 2.54 bits per heavy atom. The Morgan fingerprint density at radius 2 is 1.85 bits per heavy atom. The predicted molar refractivity (Wildman–Crippen MR) is 105 cm³/mol. The fourth-order valence-electron chi connectivity index (χ4n) is 2.26. The molecule has 0 atom stereocenters. The van der Waals surface area contributed by atoms with Crippen LogP contribution in [0.2, 0.25) is 5.02 Å². The molecule has 0 aliphatic carbocycles. The molecule has 2 amide bonds. The van der Waals surface area contributed by atoms with Crippen molar-refractivity contribution in [1.82, 2.24) is 4.98 Å². The lowest BCUT2D eigenvalue weighted by Crippen LogP contribution is -2.19. The van der Waals surface area contributed by atoms with Crippen molar-refractivity contribution < 1.29 is 14.3 Å². The smallest absolute Gasteiger partial charge is 0.325 e. The van der Waals surface area contributed by atoms with E-state index in [9.17, 15) is 4.79 Å². The van der Waals surface area contributed by atoms with Crippen LogP contribution in [0.25, 0.3) is 11.3 Å². The van der Waals surface area contributed by atoms with E-state index in [4.69, 9.17) is 21.1 Å². The minimum atomic E-state index is -0.383. The summed E-state index contributed by atoms with van der Waals surface area (Å²) in [5.41, 5.74) is 2.11. The Hall–Kier alpha value is -2.77. The molecule has 0 unspecified atom stereocenters. The molecular formula is C18H16ClN3O3S.